The van der Waals surface area contributed by atoms with Crippen LogP contribution in [-0.2, 0) is 0 Å². The van der Waals surface area contributed by atoms with Gasteiger partial charge in [0.25, 0.3) is 5.56 Å². The monoisotopic (exact) mass is 272 g/mol. The minimum Gasteiger partial charge on any atom is -0.412 e. The van der Waals surface area contributed by atoms with Crippen LogP contribution in [0.5, 0.6) is 0 Å². The Morgan fingerprint density at radius 1 is 1.33 bits per heavy atom. The molecule has 96 valence electrons. The molecule has 0 amide bonds. The van der Waals surface area contributed by atoms with Gasteiger partial charge in [-0.05, 0) is 0 Å². The number of hydrogen-bond acceptors (Lipinski definition) is 7. The summed E-state index contributed by atoms with van der Waals surface area (Å²) in [7, 11) is 0. The first-order valence-electron chi connectivity index (χ1n) is 3.51. The molecular weight excluding hydrogens is 263 g/mol. The molecule has 0 fully saturated rings. The number of hydrogen-bond donors (Lipinski definition) is 3. The van der Waals surface area contributed by atoms with Crippen molar-refractivity contribution in [3.8, 4) is 0 Å². The summed E-state index contributed by atoms with van der Waals surface area (Å²) in [6.07, 6.45) is 1.40. The van der Waals surface area contributed by atoms with Crippen LogP contribution in [-0.4, -0.2) is 36.0 Å². The van der Waals surface area contributed by atoms with Crippen molar-refractivity contribution in [2.45, 2.75) is 0 Å². The SMILES string of the molecule is Nc1nc2[nH]cnc2c(=O)[nH]1.O.O.O=[N+]([O-])[O-].[Na+]. The van der Waals surface area contributed by atoms with Crippen LogP contribution < -0.4 is 40.9 Å². The molecule has 0 spiro atoms. The molecule has 2 aromatic rings. The first-order valence-corrected chi connectivity index (χ1v) is 3.51. The molecule has 18 heavy (non-hydrogen) atoms. The third-order valence-electron chi connectivity index (χ3n) is 1.31. The van der Waals surface area contributed by atoms with Crippen molar-refractivity contribution in [2.24, 2.45) is 0 Å². The smallest absolute Gasteiger partial charge is 0.412 e. The summed E-state index contributed by atoms with van der Waals surface area (Å²) in [4.78, 5) is 31.8. The van der Waals surface area contributed by atoms with Crippen molar-refractivity contribution in [2.75, 3.05) is 5.73 Å². The normalized spacial score (nSPS) is 7.78. The molecule has 0 saturated carbocycles. The minimum absolute atomic E-state index is 0. The molecule has 0 aromatic carbocycles. The van der Waals surface area contributed by atoms with Crippen LogP contribution in [0.2, 0.25) is 0 Å². The van der Waals surface area contributed by atoms with E-state index < -0.39 is 5.09 Å². The maximum Gasteiger partial charge on any atom is 1.00 e. The molecule has 2 aromatic heterocycles. The van der Waals surface area contributed by atoms with E-state index in [1.807, 2.05) is 0 Å². The molecule has 0 atom stereocenters. The number of nitrogen functional groups attached to an aromatic ring is 1. The van der Waals surface area contributed by atoms with Crippen molar-refractivity contribution < 1.29 is 45.6 Å². The summed E-state index contributed by atoms with van der Waals surface area (Å²) in [6.45, 7) is 0. The van der Waals surface area contributed by atoms with Crippen LogP contribution in [0.3, 0.4) is 0 Å². The third-order valence-corrected chi connectivity index (χ3v) is 1.31. The molecular formula is C5H9N6NaO6. The summed E-state index contributed by atoms with van der Waals surface area (Å²) in [5.41, 5.74) is 5.63. The fraction of sp³-hybridized carbons (Fsp3) is 0. The van der Waals surface area contributed by atoms with E-state index in [1.165, 1.54) is 6.33 Å². The predicted molar refractivity (Wildman–Crippen MR) is 56.5 cm³/mol. The van der Waals surface area contributed by atoms with Crippen molar-refractivity contribution in [1.82, 2.24) is 19.9 Å². The van der Waals surface area contributed by atoms with Crippen molar-refractivity contribution >= 4 is 17.1 Å². The van der Waals surface area contributed by atoms with E-state index in [0.717, 1.165) is 0 Å². The zero-order valence-electron chi connectivity index (χ0n) is 9.13. The van der Waals surface area contributed by atoms with Gasteiger partial charge in [-0.2, -0.15) is 4.98 Å². The first kappa shape index (κ1) is 21.5. The second-order valence-electron chi connectivity index (χ2n) is 2.27. The van der Waals surface area contributed by atoms with E-state index in [4.69, 9.17) is 21.1 Å². The second kappa shape index (κ2) is 9.32. The van der Waals surface area contributed by atoms with E-state index in [1.54, 1.807) is 0 Å². The number of aromatic nitrogens is 4. The van der Waals surface area contributed by atoms with Crippen LogP contribution in [0.25, 0.3) is 11.2 Å². The Bertz CT molecular complexity index is 534. The third kappa shape index (κ3) is 6.12. The van der Waals surface area contributed by atoms with Crippen molar-refractivity contribution in [1.29, 1.82) is 0 Å². The number of fused-ring (bicyclic) bond motifs is 1. The quantitative estimate of drug-likeness (QED) is 0.238. The number of nitrogens with two attached hydrogens (primary N) is 1. The van der Waals surface area contributed by atoms with Gasteiger partial charge in [-0.1, -0.05) is 0 Å². The Balaban J connectivity index is -0.000000289. The van der Waals surface area contributed by atoms with Gasteiger partial charge in [0.1, 0.15) is 0 Å². The van der Waals surface area contributed by atoms with Crippen LogP contribution in [0.4, 0.5) is 5.95 Å². The molecule has 0 bridgehead atoms. The molecule has 0 unspecified atom stereocenters. The van der Waals surface area contributed by atoms with Crippen LogP contribution in [0, 0.1) is 15.3 Å². The summed E-state index contributed by atoms with van der Waals surface area (Å²) in [6, 6.07) is 0. The standard InChI is InChI=1S/C5H5N5O.NO3.Na.2H2O/c6-5-9-3-2(4(11)10-5)7-1-8-3;2-1(3)4;;;/h1H,(H4,6,7,8,9,10,11);;;2*1H2/q;-1;+1;;. The molecule has 2 heterocycles. The fourth-order valence-electron chi connectivity index (χ4n) is 0.863. The predicted octanol–water partition coefficient (Wildman–Crippen LogP) is -5.66. The Kier molecular flexibility index (Phi) is 11.1. The topological polar surface area (TPSA) is 230 Å². The van der Waals surface area contributed by atoms with Crippen LogP contribution in [0.1, 0.15) is 0 Å². The Morgan fingerprint density at radius 2 is 1.83 bits per heavy atom. The van der Waals surface area contributed by atoms with Gasteiger partial charge < -0.3 is 37.0 Å². The fourth-order valence-corrected chi connectivity index (χ4v) is 0.863. The number of nitrogens with one attached hydrogen (secondary N) is 2. The molecule has 12 nitrogen and oxygen atoms in total. The summed E-state index contributed by atoms with van der Waals surface area (Å²) in [5, 5.41) is 14.8. The average Bonchev–Trinajstić information content (AvgIpc) is 2.50. The minimum atomic E-state index is -1.75. The largest absolute Gasteiger partial charge is 1.00 e. The molecule has 0 radical (unpaired) electrons. The Labute approximate surface area is 120 Å². The number of aromatic amines is 2. The van der Waals surface area contributed by atoms with Gasteiger partial charge in [-0.3, -0.25) is 9.78 Å². The Hall–Kier alpha value is -1.73. The van der Waals surface area contributed by atoms with Gasteiger partial charge >= 0.3 is 29.6 Å². The summed E-state index contributed by atoms with van der Waals surface area (Å²) < 4.78 is 0. The van der Waals surface area contributed by atoms with Gasteiger partial charge in [0.2, 0.25) is 5.95 Å². The van der Waals surface area contributed by atoms with Gasteiger partial charge in [-0.15, -0.1) is 0 Å². The zero-order chi connectivity index (χ0) is 11.4. The maximum absolute atomic E-state index is 11.0. The van der Waals surface area contributed by atoms with Gasteiger partial charge in [0.05, 0.1) is 11.4 Å². The molecule has 0 aliphatic heterocycles. The van der Waals surface area contributed by atoms with E-state index >= 15 is 0 Å². The van der Waals surface area contributed by atoms with Crippen molar-refractivity contribution in [3.63, 3.8) is 0 Å². The van der Waals surface area contributed by atoms with E-state index in [0.29, 0.717) is 5.65 Å². The molecule has 0 saturated heterocycles. The van der Waals surface area contributed by atoms with Gasteiger partial charge in [0, 0.05) is 0 Å². The number of imidazole rings is 1. The summed E-state index contributed by atoms with van der Waals surface area (Å²) in [5.74, 6) is 0.0896. The number of anilines is 1. The zero-order valence-corrected chi connectivity index (χ0v) is 11.1. The molecule has 13 heteroatoms. The summed E-state index contributed by atoms with van der Waals surface area (Å²) >= 11 is 0. The molecule has 0 aliphatic rings. The first-order chi connectivity index (χ1) is 7.00. The average molecular weight is 272 g/mol. The van der Waals surface area contributed by atoms with Gasteiger partial charge in [0.15, 0.2) is 11.2 Å². The maximum atomic E-state index is 11.0. The van der Waals surface area contributed by atoms with Crippen LogP contribution in [0.15, 0.2) is 11.1 Å². The van der Waals surface area contributed by atoms with E-state index in [2.05, 4.69) is 19.9 Å². The van der Waals surface area contributed by atoms with E-state index in [-0.39, 0.29) is 57.5 Å². The van der Waals surface area contributed by atoms with E-state index in [9.17, 15) is 4.79 Å². The molecule has 0 aliphatic carbocycles. The number of rotatable bonds is 0. The van der Waals surface area contributed by atoms with Crippen LogP contribution >= 0.6 is 0 Å². The Morgan fingerprint density at radius 3 is 2.33 bits per heavy atom. The van der Waals surface area contributed by atoms with Gasteiger partial charge in [-0.25, -0.2) is 4.98 Å². The number of nitrogens with zero attached hydrogens (tertiary/aromatic N) is 3. The molecule has 2 rings (SSSR count). The molecule has 8 N–H and O–H groups in total. The van der Waals surface area contributed by atoms with Crippen molar-refractivity contribution in [3.05, 3.63) is 32.0 Å². The number of H-pyrrole nitrogens is 2. The second-order valence-corrected chi connectivity index (χ2v) is 2.27.